The molecule has 0 fully saturated rings. The number of carbonyl (C=O) groups excluding carboxylic acids is 1. The zero-order valence-corrected chi connectivity index (χ0v) is 21.6. The van der Waals surface area contributed by atoms with E-state index in [1.54, 1.807) is 0 Å². The van der Waals surface area contributed by atoms with Crippen LogP contribution in [0.5, 0.6) is 0 Å². The number of unbranched alkanes of at least 4 members (excludes halogenated alkanes) is 11. The van der Waals surface area contributed by atoms with Gasteiger partial charge in [0.05, 0.1) is 6.61 Å². The third kappa shape index (κ3) is 25.8. The second-order valence-electron chi connectivity index (χ2n) is 7.64. The van der Waals surface area contributed by atoms with E-state index in [1.165, 1.54) is 64.9 Å². The summed E-state index contributed by atoms with van der Waals surface area (Å²) in [6.45, 7) is -1.92. The summed E-state index contributed by atoms with van der Waals surface area (Å²) < 4.78 is 14.8. The minimum Gasteiger partial charge on any atom is -0.780 e. The molecule has 0 aliphatic carbocycles. The lowest BCUT2D eigenvalue weighted by Gasteiger charge is -2.23. The summed E-state index contributed by atoms with van der Waals surface area (Å²) in [5.41, 5.74) is 0. The van der Waals surface area contributed by atoms with Gasteiger partial charge in [0, 0.05) is 13.5 Å². The first-order valence-electron chi connectivity index (χ1n) is 11.4. The SMILES string of the molecule is CCCCCCCC/C=C\CCCCCCCC(=O)OC[C@@H](COP([O-])(O)=S)OC.[NH4+]. The fourth-order valence-corrected chi connectivity index (χ4v) is 3.50. The molecule has 0 bridgehead atoms. The molecule has 186 valence electrons. The zero-order chi connectivity index (χ0) is 22.5. The number of methoxy groups -OCH3 is 1. The van der Waals surface area contributed by atoms with Crippen LogP contribution in [0.3, 0.4) is 0 Å². The molecule has 0 aliphatic rings. The van der Waals surface area contributed by atoms with Gasteiger partial charge >= 0.3 is 5.97 Å². The van der Waals surface area contributed by atoms with Crippen LogP contribution >= 0.6 is 6.72 Å². The first kappa shape index (κ1) is 32.8. The predicted molar refractivity (Wildman–Crippen MR) is 130 cm³/mol. The minimum atomic E-state index is -3.97. The van der Waals surface area contributed by atoms with Gasteiger partial charge in [0.1, 0.15) is 19.4 Å². The Bertz CT molecular complexity index is 487. The molecule has 0 aromatic rings. The second-order valence-corrected chi connectivity index (χ2v) is 10.2. The molecular formula is C22H46NO6PS. The average molecular weight is 484 g/mol. The fraction of sp³-hybridized carbons (Fsp3) is 0.864. The highest BCUT2D eigenvalue weighted by Gasteiger charge is 2.13. The Morgan fingerprint density at radius 3 is 2.00 bits per heavy atom. The average Bonchev–Trinajstić information content (AvgIpc) is 2.70. The fourth-order valence-electron chi connectivity index (χ4n) is 2.96. The predicted octanol–water partition coefficient (Wildman–Crippen LogP) is 5.55. The Balaban J connectivity index is 0. The summed E-state index contributed by atoms with van der Waals surface area (Å²) in [6, 6.07) is 0. The zero-order valence-electron chi connectivity index (χ0n) is 19.9. The first-order chi connectivity index (χ1) is 14.4. The van der Waals surface area contributed by atoms with Crippen molar-refractivity contribution in [1.29, 1.82) is 0 Å². The van der Waals surface area contributed by atoms with Crippen LogP contribution in [0.15, 0.2) is 12.2 Å². The molecule has 0 saturated carbocycles. The molecule has 0 amide bonds. The molecule has 0 saturated heterocycles. The second kappa shape index (κ2) is 22.8. The maximum Gasteiger partial charge on any atom is 0.305 e. The van der Waals surface area contributed by atoms with Crippen molar-refractivity contribution in [3.8, 4) is 0 Å². The normalized spacial score (nSPS) is 14.2. The summed E-state index contributed by atoms with van der Waals surface area (Å²) >= 11 is 4.26. The van der Waals surface area contributed by atoms with Gasteiger partial charge in [-0.25, -0.2) is 0 Å². The minimum absolute atomic E-state index is 0. The van der Waals surface area contributed by atoms with Crippen LogP contribution in [0.2, 0.25) is 0 Å². The summed E-state index contributed by atoms with van der Waals surface area (Å²) in [5.74, 6) is -0.291. The molecule has 0 aromatic heterocycles. The Hall–Kier alpha value is -0.340. The van der Waals surface area contributed by atoms with Gasteiger partial charge in [-0.2, -0.15) is 0 Å². The van der Waals surface area contributed by atoms with Crippen molar-refractivity contribution >= 4 is 24.5 Å². The lowest BCUT2D eigenvalue weighted by Crippen LogP contribution is -2.26. The van der Waals surface area contributed by atoms with Crippen LogP contribution in [0.4, 0.5) is 0 Å². The summed E-state index contributed by atoms with van der Waals surface area (Å²) in [6.07, 6.45) is 20.2. The monoisotopic (exact) mass is 483 g/mol. The molecule has 5 N–H and O–H groups in total. The Morgan fingerprint density at radius 2 is 1.48 bits per heavy atom. The summed E-state index contributed by atoms with van der Waals surface area (Å²) in [5, 5.41) is 0. The first-order valence-corrected chi connectivity index (χ1v) is 14.0. The Labute approximate surface area is 194 Å². The van der Waals surface area contributed by atoms with Crippen LogP contribution in [0.25, 0.3) is 0 Å². The Morgan fingerprint density at radius 1 is 0.968 bits per heavy atom. The lowest BCUT2D eigenvalue weighted by atomic mass is 10.1. The van der Waals surface area contributed by atoms with E-state index in [1.807, 2.05) is 0 Å². The summed E-state index contributed by atoms with van der Waals surface area (Å²) in [7, 11) is 1.41. The van der Waals surface area contributed by atoms with E-state index < -0.39 is 12.8 Å². The number of quaternary nitrogens is 1. The van der Waals surface area contributed by atoms with Gasteiger partial charge in [-0.3, -0.25) is 4.79 Å². The molecule has 7 nitrogen and oxygen atoms in total. The van der Waals surface area contributed by atoms with Gasteiger partial charge < -0.3 is 29.9 Å². The highest BCUT2D eigenvalue weighted by Crippen LogP contribution is 2.30. The van der Waals surface area contributed by atoms with E-state index in [-0.39, 0.29) is 25.3 Å². The highest BCUT2D eigenvalue weighted by atomic mass is 32.5. The molecule has 0 rings (SSSR count). The van der Waals surface area contributed by atoms with E-state index >= 15 is 0 Å². The van der Waals surface area contributed by atoms with Gasteiger partial charge in [0.25, 0.3) is 0 Å². The lowest BCUT2D eigenvalue weighted by molar-refractivity contribution is -0.204. The number of allylic oxidation sites excluding steroid dienone is 2. The van der Waals surface area contributed by atoms with Crippen LogP contribution in [-0.4, -0.2) is 37.3 Å². The van der Waals surface area contributed by atoms with Crippen LogP contribution in [0.1, 0.15) is 96.8 Å². The largest absolute Gasteiger partial charge is 0.780 e. The third-order valence-corrected chi connectivity index (χ3v) is 5.62. The van der Waals surface area contributed by atoms with E-state index in [9.17, 15) is 9.69 Å². The molecule has 31 heavy (non-hydrogen) atoms. The smallest absolute Gasteiger partial charge is 0.305 e. The number of esters is 1. The van der Waals surface area contributed by atoms with E-state index in [2.05, 4.69) is 35.4 Å². The van der Waals surface area contributed by atoms with E-state index in [0.717, 1.165) is 25.7 Å². The van der Waals surface area contributed by atoms with Gasteiger partial charge in [0.2, 0.25) is 0 Å². The molecular weight excluding hydrogens is 437 g/mol. The third-order valence-electron chi connectivity index (χ3n) is 4.83. The molecule has 9 heteroatoms. The van der Waals surface area contributed by atoms with Crippen molar-refractivity contribution in [2.75, 3.05) is 20.3 Å². The van der Waals surface area contributed by atoms with E-state index in [4.69, 9.17) is 14.4 Å². The van der Waals surface area contributed by atoms with Gasteiger partial charge in [0.15, 0.2) is 0 Å². The molecule has 2 atom stereocenters. The van der Waals surface area contributed by atoms with E-state index in [0.29, 0.717) is 6.42 Å². The van der Waals surface area contributed by atoms with Crippen molar-refractivity contribution < 1.29 is 28.6 Å². The molecule has 0 radical (unpaired) electrons. The van der Waals surface area contributed by atoms with Crippen molar-refractivity contribution in [1.82, 2.24) is 6.15 Å². The van der Waals surface area contributed by atoms with Crippen LogP contribution < -0.4 is 11.0 Å². The standard InChI is InChI=1S/C22H43O6PS.H3N/c1-3-4-5-6-7-8-9-10-11-12-13-14-15-16-17-18-22(23)27-19-21(26-2)20-28-29(24,25)30;/h10-11,21H,3-9,12-20H2,1-2H3,(H2,24,25,30);1H3/b11-10-;/t21-;/m0./s1. The maximum atomic E-state index is 11.7. The number of hydrogen-bond donors (Lipinski definition) is 2. The number of carbonyl (C=O) groups is 1. The number of rotatable bonds is 21. The number of ether oxygens (including phenoxy) is 2. The molecule has 0 heterocycles. The highest BCUT2D eigenvalue weighted by molar-refractivity contribution is 8.06. The van der Waals surface area contributed by atoms with Crippen molar-refractivity contribution in [2.45, 2.75) is 103 Å². The van der Waals surface area contributed by atoms with Crippen LogP contribution in [0, 0.1) is 0 Å². The summed E-state index contributed by atoms with van der Waals surface area (Å²) in [4.78, 5) is 31.6. The van der Waals surface area contributed by atoms with Crippen molar-refractivity contribution in [3.63, 3.8) is 0 Å². The molecule has 0 spiro atoms. The molecule has 0 aliphatic heterocycles. The molecule has 0 aromatic carbocycles. The maximum absolute atomic E-state index is 11.7. The van der Waals surface area contributed by atoms with Gasteiger partial charge in [-0.1, -0.05) is 82.2 Å². The topological polar surface area (TPSA) is 125 Å². The van der Waals surface area contributed by atoms with Crippen molar-refractivity contribution in [3.05, 3.63) is 12.2 Å². The van der Waals surface area contributed by atoms with Gasteiger partial charge in [-0.05, 0) is 32.1 Å². The van der Waals surface area contributed by atoms with Crippen LogP contribution in [-0.2, 0) is 30.6 Å². The molecule has 1 unspecified atom stereocenters. The van der Waals surface area contributed by atoms with Gasteiger partial charge in [-0.15, -0.1) is 0 Å². The quantitative estimate of drug-likeness (QED) is 0.0948. The van der Waals surface area contributed by atoms with Crippen molar-refractivity contribution in [2.24, 2.45) is 0 Å². The Kier molecular flexibility index (Phi) is 24.2. The number of hydrogen-bond acceptors (Lipinski definition) is 6.